The van der Waals surface area contributed by atoms with Crippen LogP contribution in [-0.4, -0.2) is 35.2 Å². The number of rotatable bonds is 3. The van der Waals surface area contributed by atoms with E-state index in [1.54, 1.807) is 24.4 Å². The van der Waals surface area contributed by atoms with Crippen molar-refractivity contribution in [2.75, 3.05) is 23.3 Å². The number of aliphatic hydroxyl groups excluding tert-OH is 1. The standard InChI is InChI=1S/C17H19N3O2/c21-13-8-11-20(12-9-13)16-7-2-1-5-14(16)19-17(22)15-6-3-4-10-18-15/h1-7,10,13,21H,8-9,11-12H2,(H,19,22). The number of amides is 1. The normalized spacial score (nSPS) is 15.6. The summed E-state index contributed by atoms with van der Waals surface area (Å²) in [6.45, 7) is 1.58. The van der Waals surface area contributed by atoms with Crippen LogP contribution in [0.2, 0.25) is 0 Å². The maximum atomic E-state index is 12.3. The van der Waals surface area contributed by atoms with Crippen LogP contribution in [0.3, 0.4) is 0 Å². The Morgan fingerprint density at radius 2 is 1.86 bits per heavy atom. The second-order valence-corrected chi connectivity index (χ2v) is 5.40. The second-order valence-electron chi connectivity index (χ2n) is 5.40. The average molecular weight is 297 g/mol. The number of piperidine rings is 1. The summed E-state index contributed by atoms with van der Waals surface area (Å²) in [6.07, 6.45) is 2.89. The summed E-state index contributed by atoms with van der Waals surface area (Å²) in [4.78, 5) is 18.5. The van der Waals surface area contributed by atoms with Crippen LogP contribution in [0.1, 0.15) is 23.3 Å². The van der Waals surface area contributed by atoms with Gasteiger partial charge in [-0.3, -0.25) is 9.78 Å². The predicted octanol–water partition coefficient (Wildman–Crippen LogP) is 2.29. The van der Waals surface area contributed by atoms with Gasteiger partial charge in [0.1, 0.15) is 5.69 Å². The summed E-state index contributed by atoms with van der Waals surface area (Å²) in [5.74, 6) is -0.218. The molecule has 0 atom stereocenters. The number of carbonyl (C=O) groups is 1. The topological polar surface area (TPSA) is 65.5 Å². The van der Waals surface area contributed by atoms with Gasteiger partial charge < -0.3 is 15.3 Å². The maximum absolute atomic E-state index is 12.3. The highest BCUT2D eigenvalue weighted by atomic mass is 16.3. The highest BCUT2D eigenvalue weighted by Gasteiger charge is 2.20. The van der Waals surface area contributed by atoms with Crippen LogP contribution < -0.4 is 10.2 Å². The molecule has 22 heavy (non-hydrogen) atoms. The molecule has 2 N–H and O–H groups in total. The molecule has 0 aliphatic carbocycles. The Morgan fingerprint density at radius 3 is 2.59 bits per heavy atom. The zero-order valence-electron chi connectivity index (χ0n) is 12.3. The summed E-state index contributed by atoms with van der Waals surface area (Å²) in [5, 5.41) is 12.6. The predicted molar refractivity (Wildman–Crippen MR) is 86.1 cm³/mol. The number of hydrogen-bond donors (Lipinski definition) is 2. The molecule has 1 aliphatic rings. The van der Waals surface area contributed by atoms with Gasteiger partial charge in [-0.2, -0.15) is 0 Å². The molecule has 3 rings (SSSR count). The molecule has 1 saturated heterocycles. The molecule has 0 bridgehead atoms. The van der Waals surface area contributed by atoms with Crippen molar-refractivity contribution in [2.45, 2.75) is 18.9 Å². The van der Waals surface area contributed by atoms with Crippen LogP contribution in [0.4, 0.5) is 11.4 Å². The van der Waals surface area contributed by atoms with Crippen molar-refractivity contribution < 1.29 is 9.90 Å². The van der Waals surface area contributed by atoms with E-state index in [2.05, 4.69) is 15.2 Å². The van der Waals surface area contributed by atoms with Crippen molar-refractivity contribution in [1.29, 1.82) is 0 Å². The second kappa shape index (κ2) is 6.58. The van der Waals surface area contributed by atoms with Crippen LogP contribution in [0.25, 0.3) is 0 Å². The van der Waals surface area contributed by atoms with Crippen LogP contribution >= 0.6 is 0 Å². The molecule has 0 spiro atoms. The minimum absolute atomic E-state index is 0.216. The first kappa shape index (κ1) is 14.5. The van der Waals surface area contributed by atoms with E-state index in [1.165, 1.54) is 0 Å². The molecule has 5 heteroatoms. The van der Waals surface area contributed by atoms with E-state index in [9.17, 15) is 9.90 Å². The first-order valence-corrected chi connectivity index (χ1v) is 7.48. The van der Waals surface area contributed by atoms with Gasteiger partial charge in [-0.1, -0.05) is 18.2 Å². The fourth-order valence-corrected chi connectivity index (χ4v) is 2.65. The number of benzene rings is 1. The van der Waals surface area contributed by atoms with E-state index in [1.807, 2.05) is 24.3 Å². The molecule has 1 aromatic carbocycles. The molecule has 0 unspecified atom stereocenters. The van der Waals surface area contributed by atoms with Crippen LogP contribution in [-0.2, 0) is 0 Å². The van der Waals surface area contributed by atoms with Crippen molar-refractivity contribution in [1.82, 2.24) is 4.98 Å². The molecule has 1 fully saturated rings. The van der Waals surface area contributed by atoms with Gasteiger partial charge in [-0.15, -0.1) is 0 Å². The third-order valence-electron chi connectivity index (χ3n) is 3.85. The average Bonchev–Trinajstić information content (AvgIpc) is 2.57. The molecule has 5 nitrogen and oxygen atoms in total. The summed E-state index contributed by atoms with van der Waals surface area (Å²) in [6, 6.07) is 13.0. The Kier molecular flexibility index (Phi) is 4.34. The smallest absolute Gasteiger partial charge is 0.274 e. The minimum Gasteiger partial charge on any atom is -0.393 e. The lowest BCUT2D eigenvalue weighted by molar-refractivity contribution is 0.102. The number of carbonyl (C=O) groups excluding carboxylic acids is 1. The van der Waals surface area contributed by atoms with E-state index in [4.69, 9.17) is 0 Å². The first-order chi connectivity index (χ1) is 10.7. The molecule has 2 aromatic rings. The fourth-order valence-electron chi connectivity index (χ4n) is 2.65. The highest BCUT2D eigenvalue weighted by molar-refractivity contribution is 6.04. The van der Waals surface area contributed by atoms with E-state index in [0.29, 0.717) is 5.69 Å². The fraction of sp³-hybridized carbons (Fsp3) is 0.294. The third-order valence-corrected chi connectivity index (χ3v) is 3.85. The monoisotopic (exact) mass is 297 g/mol. The Hall–Kier alpha value is -2.40. The molecule has 1 aliphatic heterocycles. The quantitative estimate of drug-likeness (QED) is 0.912. The number of nitrogens with one attached hydrogen (secondary N) is 1. The van der Waals surface area contributed by atoms with Crippen LogP contribution in [0.15, 0.2) is 48.7 Å². The van der Waals surface area contributed by atoms with Gasteiger partial charge in [0.25, 0.3) is 5.91 Å². The van der Waals surface area contributed by atoms with E-state index in [-0.39, 0.29) is 12.0 Å². The number of nitrogens with zero attached hydrogens (tertiary/aromatic N) is 2. The van der Waals surface area contributed by atoms with Gasteiger partial charge in [-0.05, 0) is 37.1 Å². The Labute approximate surface area is 129 Å². The SMILES string of the molecule is O=C(Nc1ccccc1N1CCC(O)CC1)c1ccccn1. The number of para-hydroxylation sites is 2. The summed E-state index contributed by atoms with van der Waals surface area (Å²) < 4.78 is 0. The third kappa shape index (κ3) is 3.26. The number of anilines is 2. The van der Waals surface area contributed by atoms with E-state index in [0.717, 1.165) is 37.3 Å². The number of pyridine rings is 1. The van der Waals surface area contributed by atoms with Crippen molar-refractivity contribution in [3.05, 3.63) is 54.4 Å². The van der Waals surface area contributed by atoms with Gasteiger partial charge >= 0.3 is 0 Å². The van der Waals surface area contributed by atoms with E-state index < -0.39 is 0 Å². The van der Waals surface area contributed by atoms with Gasteiger partial charge in [0, 0.05) is 19.3 Å². The zero-order valence-corrected chi connectivity index (χ0v) is 12.3. The first-order valence-electron chi connectivity index (χ1n) is 7.48. The number of aliphatic hydroxyl groups is 1. The van der Waals surface area contributed by atoms with Gasteiger partial charge in [0.05, 0.1) is 17.5 Å². The molecule has 114 valence electrons. The summed E-state index contributed by atoms with van der Waals surface area (Å²) in [7, 11) is 0. The highest BCUT2D eigenvalue weighted by Crippen LogP contribution is 2.28. The molecule has 0 saturated carbocycles. The molecule has 0 radical (unpaired) electrons. The number of aromatic nitrogens is 1. The largest absolute Gasteiger partial charge is 0.393 e. The van der Waals surface area contributed by atoms with Crippen molar-refractivity contribution >= 4 is 17.3 Å². The summed E-state index contributed by atoms with van der Waals surface area (Å²) >= 11 is 0. The van der Waals surface area contributed by atoms with Gasteiger partial charge in [0.2, 0.25) is 0 Å². The molecule has 1 aromatic heterocycles. The molecule has 2 heterocycles. The van der Waals surface area contributed by atoms with Crippen LogP contribution in [0, 0.1) is 0 Å². The lowest BCUT2D eigenvalue weighted by Crippen LogP contribution is -2.36. The number of hydrogen-bond acceptors (Lipinski definition) is 4. The maximum Gasteiger partial charge on any atom is 0.274 e. The van der Waals surface area contributed by atoms with Crippen molar-refractivity contribution in [3.8, 4) is 0 Å². The Balaban J connectivity index is 1.78. The van der Waals surface area contributed by atoms with Crippen LogP contribution in [0.5, 0.6) is 0 Å². The Morgan fingerprint density at radius 1 is 1.14 bits per heavy atom. The Bertz CT molecular complexity index is 637. The van der Waals surface area contributed by atoms with Gasteiger partial charge in [0.15, 0.2) is 0 Å². The van der Waals surface area contributed by atoms with Crippen molar-refractivity contribution in [3.63, 3.8) is 0 Å². The minimum atomic E-state index is -0.218. The summed E-state index contributed by atoms with van der Waals surface area (Å²) in [5.41, 5.74) is 2.15. The van der Waals surface area contributed by atoms with Gasteiger partial charge in [-0.25, -0.2) is 0 Å². The van der Waals surface area contributed by atoms with E-state index >= 15 is 0 Å². The van der Waals surface area contributed by atoms with Crippen molar-refractivity contribution in [2.24, 2.45) is 0 Å². The molecule has 1 amide bonds. The lowest BCUT2D eigenvalue weighted by atomic mass is 10.1. The molecular formula is C17H19N3O2. The lowest BCUT2D eigenvalue weighted by Gasteiger charge is -2.32. The molecular weight excluding hydrogens is 278 g/mol. The zero-order chi connectivity index (χ0) is 15.4.